The van der Waals surface area contributed by atoms with E-state index in [1.807, 2.05) is 30.3 Å². The third kappa shape index (κ3) is 3.90. The Kier molecular flexibility index (Phi) is 5.41. The molecule has 1 amide bonds. The molecule has 0 unspecified atom stereocenters. The molecular formula is C19H29N3O2. The first kappa shape index (κ1) is 17.2. The van der Waals surface area contributed by atoms with E-state index in [2.05, 4.69) is 28.8 Å². The van der Waals surface area contributed by atoms with Gasteiger partial charge >= 0.3 is 0 Å². The van der Waals surface area contributed by atoms with Gasteiger partial charge in [-0.25, -0.2) is 0 Å². The molecule has 0 radical (unpaired) electrons. The number of benzene rings is 1. The Labute approximate surface area is 145 Å². The van der Waals surface area contributed by atoms with Crippen LogP contribution in [-0.2, 0) is 4.79 Å². The topological polar surface area (TPSA) is 36.0 Å². The Bertz CT molecular complexity index is 541. The van der Waals surface area contributed by atoms with Crippen molar-refractivity contribution in [1.29, 1.82) is 0 Å². The molecule has 0 aliphatic carbocycles. The molecule has 0 saturated carbocycles. The van der Waals surface area contributed by atoms with E-state index in [0.717, 1.165) is 51.3 Å². The summed E-state index contributed by atoms with van der Waals surface area (Å²) in [6.07, 6.45) is 2.74. The van der Waals surface area contributed by atoms with Crippen LogP contribution in [-0.4, -0.2) is 79.6 Å². The molecule has 1 aromatic rings. The van der Waals surface area contributed by atoms with Gasteiger partial charge < -0.3 is 14.5 Å². The molecule has 1 spiro atoms. The van der Waals surface area contributed by atoms with Crippen LogP contribution in [0.15, 0.2) is 30.3 Å². The van der Waals surface area contributed by atoms with Gasteiger partial charge in [0.25, 0.3) is 0 Å². The predicted octanol–water partition coefficient (Wildman–Crippen LogP) is 1.69. The molecule has 0 bridgehead atoms. The number of rotatable bonds is 4. The number of likely N-dealkylation sites (tertiary alicyclic amines) is 1. The summed E-state index contributed by atoms with van der Waals surface area (Å²) >= 11 is 0. The van der Waals surface area contributed by atoms with Gasteiger partial charge in [-0.05, 0) is 52.2 Å². The molecule has 2 aliphatic heterocycles. The number of hydrogen-bond acceptors (Lipinski definition) is 4. The predicted molar refractivity (Wildman–Crippen MR) is 95.2 cm³/mol. The number of hydrogen-bond donors (Lipinski definition) is 0. The Morgan fingerprint density at radius 1 is 1.08 bits per heavy atom. The number of amides is 1. The summed E-state index contributed by atoms with van der Waals surface area (Å²) in [7, 11) is 4.39. The molecule has 2 saturated heterocycles. The molecule has 5 nitrogen and oxygen atoms in total. The Hall–Kier alpha value is -1.59. The third-order valence-corrected chi connectivity index (χ3v) is 5.60. The Morgan fingerprint density at radius 2 is 1.79 bits per heavy atom. The molecule has 2 aliphatic rings. The normalized spacial score (nSPS) is 21.8. The van der Waals surface area contributed by atoms with Gasteiger partial charge in [0.2, 0.25) is 5.91 Å². The lowest BCUT2D eigenvalue weighted by Crippen LogP contribution is -2.65. The van der Waals surface area contributed by atoms with Crippen LogP contribution < -0.4 is 4.74 Å². The first-order valence-corrected chi connectivity index (χ1v) is 8.94. The lowest BCUT2D eigenvalue weighted by atomic mass is 9.84. The van der Waals surface area contributed by atoms with Crippen LogP contribution in [0.25, 0.3) is 0 Å². The van der Waals surface area contributed by atoms with Crippen LogP contribution in [0.5, 0.6) is 5.75 Å². The summed E-state index contributed by atoms with van der Waals surface area (Å²) in [4.78, 5) is 19.5. The number of carbonyl (C=O) groups excluding carboxylic acids is 1. The SMILES string of the molecule is CN1CCC2(CC1)CN(C(=O)CCOc1ccccc1)CCN2C. The highest BCUT2D eigenvalue weighted by Gasteiger charge is 2.42. The van der Waals surface area contributed by atoms with Gasteiger partial charge in [-0.2, -0.15) is 0 Å². The summed E-state index contributed by atoms with van der Waals surface area (Å²) in [6.45, 7) is 5.34. The number of likely N-dealkylation sites (N-methyl/N-ethyl adjacent to an activating group) is 1. The van der Waals surface area contributed by atoms with E-state index in [9.17, 15) is 4.79 Å². The van der Waals surface area contributed by atoms with Crippen molar-refractivity contribution in [3.63, 3.8) is 0 Å². The van der Waals surface area contributed by atoms with Crippen molar-refractivity contribution in [2.24, 2.45) is 0 Å². The smallest absolute Gasteiger partial charge is 0.226 e. The highest BCUT2D eigenvalue weighted by molar-refractivity contribution is 5.76. The second-order valence-electron chi connectivity index (χ2n) is 7.18. The third-order valence-electron chi connectivity index (χ3n) is 5.60. The second-order valence-corrected chi connectivity index (χ2v) is 7.18. The van der Waals surface area contributed by atoms with Crippen LogP contribution in [0.2, 0.25) is 0 Å². The van der Waals surface area contributed by atoms with E-state index >= 15 is 0 Å². The van der Waals surface area contributed by atoms with Gasteiger partial charge in [-0.3, -0.25) is 9.69 Å². The number of piperidine rings is 1. The van der Waals surface area contributed by atoms with Crippen LogP contribution in [0.4, 0.5) is 0 Å². The van der Waals surface area contributed by atoms with Gasteiger partial charge in [0.1, 0.15) is 5.75 Å². The van der Waals surface area contributed by atoms with Crippen molar-refractivity contribution in [2.75, 3.05) is 53.4 Å². The second kappa shape index (κ2) is 7.53. The molecule has 0 N–H and O–H groups in total. The van der Waals surface area contributed by atoms with Gasteiger partial charge in [0.05, 0.1) is 13.0 Å². The highest BCUT2D eigenvalue weighted by Crippen LogP contribution is 2.31. The zero-order valence-electron chi connectivity index (χ0n) is 14.9. The van der Waals surface area contributed by atoms with Crippen molar-refractivity contribution in [2.45, 2.75) is 24.8 Å². The number of piperazine rings is 1. The fourth-order valence-electron chi connectivity index (χ4n) is 3.78. The van der Waals surface area contributed by atoms with Crippen molar-refractivity contribution in [3.8, 4) is 5.75 Å². The van der Waals surface area contributed by atoms with Crippen molar-refractivity contribution in [1.82, 2.24) is 14.7 Å². The molecule has 132 valence electrons. The summed E-state index contributed by atoms with van der Waals surface area (Å²) in [6, 6.07) is 9.70. The van der Waals surface area contributed by atoms with E-state index in [1.165, 1.54) is 0 Å². The van der Waals surface area contributed by atoms with Gasteiger partial charge in [-0.15, -0.1) is 0 Å². The highest BCUT2D eigenvalue weighted by atomic mass is 16.5. The van der Waals surface area contributed by atoms with E-state index in [1.54, 1.807) is 0 Å². The standard InChI is InChI=1S/C19H29N3O2/c1-20-11-9-19(10-12-20)16-22(14-13-21(19)2)18(23)8-15-24-17-6-4-3-5-7-17/h3-7H,8-16H2,1-2H3. The number of para-hydroxylation sites is 1. The Balaban J connectivity index is 1.51. The Morgan fingerprint density at radius 3 is 2.50 bits per heavy atom. The minimum atomic E-state index is 0.167. The average Bonchev–Trinajstić information content (AvgIpc) is 2.61. The molecule has 0 atom stereocenters. The molecule has 2 fully saturated rings. The van der Waals surface area contributed by atoms with E-state index < -0.39 is 0 Å². The van der Waals surface area contributed by atoms with Crippen LogP contribution in [0.3, 0.4) is 0 Å². The monoisotopic (exact) mass is 331 g/mol. The van der Waals surface area contributed by atoms with Gasteiger partial charge in [0, 0.05) is 25.2 Å². The van der Waals surface area contributed by atoms with Crippen molar-refractivity contribution in [3.05, 3.63) is 30.3 Å². The molecule has 2 heterocycles. The molecular weight excluding hydrogens is 302 g/mol. The lowest BCUT2D eigenvalue weighted by Gasteiger charge is -2.52. The molecule has 0 aromatic heterocycles. The van der Waals surface area contributed by atoms with E-state index in [4.69, 9.17) is 4.74 Å². The van der Waals surface area contributed by atoms with Crippen molar-refractivity contribution >= 4 is 5.91 Å². The van der Waals surface area contributed by atoms with Crippen molar-refractivity contribution < 1.29 is 9.53 Å². The minimum Gasteiger partial charge on any atom is -0.493 e. The lowest BCUT2D eigenvalue weighted by molar-refractivity contribution is -0.138. The minimum absolute atomic E-state index is 0.167. The van der Waals surface area contributed by atoms with E-state index in [-0.39, 0.29) is 11.4 Å². The number of nitrogens with zero attached hydrogens (tertiary/aromatic N) is 3. The quantitative estimate of drug-likeness (QED) is 0.841. The average molecular weight is 331 g/mol. The fraction of sp³-hybridized carbons (Fsp3) is 0.632. The fourth-order valence-corrected chi connectivity index (χ4v) is 3.78. The zero-order chi connectivity index (χ0) is 17.0. The van der Waals surface area contributed by atoms with E-state index in [0.29, 0.717) is 13.0 Å². The van der Waals surface area contributed by atoms with Gasteiger partial charge in [0.15, 0.2) is 0 Å². The number of ether oxygens (including phenoxy) is 1. The summed E-state index contributed by atoms with van der Waals surface area (Å²) in [5.74, 6) is 1.05. The molecule has 24 heavy (non-hydrogen) atoms. The van der Waals surface area contributed by atoms with Crippen LogP contribution >= 0.6 is 0 Å². The maximum absolute atomic E-state index is 12.6. The maximum Gasteiger partial charge on any atom is 0.226 e. The van der Waals surface area contributed by atoms with Gasteiger partial charge in [-0.1, -0.05) is 18.2 Å². The van der Waals surface area contributed by atoms with Crippen LogP contribution in [0, 0.1) is 0 Å². The molecule has 3 rings (SSSR count). The summed E-state index contributed by atoms with van der Waals surface area (Å²) in [5.41, 5.74) is 0.167. The first-order chi connectivity index (χ1) is 11.6. The zero-order valence-corrected chi connectivity index (χ0v) is 14.9. The first-order valence-electron chi connectivity index (χ1n) is 8.94. The number of carbonyl (C=O) groups is 1. The largest absolute Gasteiger partial charge is 0.493 e. The molecule has 1 aromatic carbocycles. The molecule has 5 heteroatoms. The van der Waals surface area contributed by atoms with Crippen LogP contribution in [0.1, 0.15) is 19.3 Å². The summed E-state index contributed by atoms with van der Waals surface area (Å²) in [5, 5.41) is 0. The summed E-state index contributed by atoms with van der Waals surface area (Å²) < 4.78 is 5.68. The maximum atomic E-state index is 12.6.